The van der Waals surface area contributed by atoms with Crippen LogP contribution in [0, 0.1) is 5.92 Å². The first-order valence-corrected chi connectivity index (χ1v) is 6.12. The predicted octanol–water partition coefficient (Wildman–Crippen LogP) is 3.47. The molecule has 0 aromatic carbocycles. The van der Waals surface area contributed by atoms with E-state index >= 15 is 0 Å². The Morgan fingerprint density at radius 3 is 2.87 bits per heavy atom. The molecule has 0 amide bonds. The smallest absolute Gasteiger partial charge is 0.309 e. The van der Waals surface area contributed by atoms with Crippen LogP contribution in [-0.2, 0) is 9.53 Å². The van der Waals surface area contributed by atoms with E-state index in [0.29, 0.717) is 6.61 Å². The molecule has 2 heteroatoms. The lowest BCUT2D eigenvalue weighted by molar-refractivity contribution is -0.148. The summed E-state index contributed by atoms with van der Waals surface area (Å²) in [6.07, 6.45) is 8.94. The minimum Gasteiger partial charge on any atom is -0.466 e. The van der Waals surface area contributed by atoms with Gasteiger partial charge in [-0.2, -0.15) is 0 Å². The lowest BCUT2D eigenvalue weighted by Gasteiger charge is -2.20. The lowest BCUT2D eigenvalue weighted by Crippen LogP contribution is -2.19. The summed E-state index contributed by atoms with van der Waals surface area (Å²) in [7, 11) is 0. The van der Waals surface area contributed by atoms with Crippen molar-refractivity contribution in [3.63, 3.8) is 0 Å². The van der Waals surface area contributed by atoms with Crippen molar-refractivity contribution in [1.82, 2.24) is 0 Å². The normalized spacial score (nSPS) is 20.9. The second kappa shape index (κ2) is 6.65. The van der Waals surface area contributed by atoms with Crippen LogP contribution in [0.2, 0.25) is 0 Å². The van der Waals surface area contributed by atoms with E-state index in [9.17, 15) is 4.79 Å². The monoisotopic (exact) mass is 210 g/mol. The molecule has 0 saturated carbocycles. The topological polar surface area (TPSA) is 26.3 Å². The summed E-state index contributed by atoms with van der Waals surface area (Å²) in [5.41, 5.74) is 1.54. The highest BCUT2D eigenvalue weighted by atomic mass is 16.5. The van der Waals surface area contributed by atoms with Crippen LogP contribution in [0.1, 0.15) is 52.4 Å². The van der Waals surface area contributed by atoms with Crippen molar-refractivity contribution in [2.75, 3.05) is 6.61 Å². The van der Waals surface area contributed by atoms with Gasteiger partial charge in [0.25, 0.3) is 0 Å². The molecule has 1 unspecified atom stereocenters. The number of carbonyl (C=O) groups excluding carboxylic acids is 1. The van der Waals surface area contributed by atoms with Crippen molar-refractivity contribution in [2.45, 2.75) is 52.4 Å². The Labute approximate surface area is 92.7 Å². The Kier molecular flexibility index (Phi) is 5.44. The highest BCUT2D eigenvalue weighted by molar-refractivity contribution is 5.72. The van der Waals surface area contributed by atoms with Crippen molar-refractivity contribution >= 4 is 5.97 Å². The van der Waals surface area contributed by atoms with E-state index in [0.717, 1.165) is 19.3 Å². The molecule has 86 valence electrons. The minimum absolute atomic E-state index is 0.0108. The number of unbranched alkanes of at least 4 members (excludes halogenated alkanes) is 1. The van der Waals surface area contributed by atoms with E-state index in [4.69, 9.17) is 4.74 Å². The van der Waals surface area contributed by atoms with Crippen LogP contribution in [0.15, 0.2) is 11.6 Å². The Morgan fingerprint density at radius 1 is 1.53 bits per heavy atom. The maximum Gasteiger partial charge on any atom is 0.309 e. The Balaban J connectivity index is 2.33. The first kappa shape index (κ1) is 12.3. The molecule has 0 aliphatic heterocycles. The number of hydrogen-bond donors (Lipinski definition) is 0. The maximum absolute atomic E-state index is 11.5. The van der Waals surface area contributed by atoms with Crippen LogP contribution in [-0.4, -0.2) is 12.6 Å². The molecule has 1 aliphatic rings. The third-order valence-electron chi connectivity index (χ3n) is 2.98. The number of carbonyl (C=O) groups is 1. The highest BCUT2D eigenvalue weighted by Crippen LogP contribution is 2.27. The van der Waals surface area contributed by atoms with E-state index in [-0.39, 0.29) is 11.9 Å². The zero-order valence-corrected chi connectivity index (χ0v) is 9.92. The number of esters is 1. The molecule has 0 aromatic heterocycles. The van der Waals surface area contributed by atoms with E-state index < -0.39 is 0 Å². The lowest BCUT2D eigenvalue weighted by atomic mass is 9.88. The van der Waals surface area contributed by atoms with E-state index in [1.807, 2.05) is 6.92 Å². The van der Waals surface area contributed by atoms with Crippen LogP contribution in [0.5, 0.6) is 0 Å². The molecule has 0 aromatic rings. The van der Waals surface area contributed by atoms with Crippen LogP contribution < -0.4 is 0 Å². The molecule has 0 spiro atoms. The molecule has 2 nitrogen and oxygen atoms in total. The van der Waals surface area contributed by atoms with Gasteiger partial charge in [-0.1, -0.05) is 25.0 Å². The summed E-state index contributed by atoms with van der Waals surface area (Å²) < 4.78 is 5.03. The van der Waals surface area contributed by atoms with E-state index in [1.165, 1.54) is 24.8 Å². The zero-order chi connectivity index (χ0) is 11.1. The van der Waals surface area contributed by atoms with Gasteiger partial charge in [0.2, 0.25) is 0 Å². The molecule has 1 aliphatic carbocycles. The molecule has 1 atom stereocenters. The van der Waals surface area contributed by atoms with Crippen molar-refractivity contribution in [3.8, 4) is 0 Å². The van der Waals surface area contributed by atoms with Crippen molar-refractivity contribution in [2.24, 2.45) is 5.92 Å². The maximum atomic E-state index is 11.5. The van der Waals surface area contributed by atoms with Gasteiger partial charge in [0.05, 0.1) is 12.5 Å². The Bertz CT molecular complexity index is 231. The summed E-state index contributed by atoms with van der Waals surface area (Å²) in [6, 6.07) is 0. The molecule has 0 fully saturated rings. The molecular formula is C13H22O2. The number of allylic oxidation sites excluding steroid dienone is 2. The van der Waals surface area contributed by atoms with Gasteiger partial charge in [-0.05, 0) is 39.0 Å². The molecule has 1 rings (SSSR count). The van der Waals surface area contributed by atoms with Crippen molar-refractivity contribution in [3.05, 3.63) is 11.6 Å². The summed E-state index contributed by atoms with van der Waals surface area (Å²) in [6.45, 7) is 4.58. The van der Waals surface area contributed by atoms with E-state index in [1.54, 1.807) is 0 Å². The third-order valence-corrected chi connectivity index (χ3v) is 2.98. The van der Waals surface area contributed by atoms with Crippen LogP contribution in [0.4, 0.5) is 0 Å². The summed E-state index contributed by atoms with van der Waals surface area (Å²) in [5, 5.41) is 0. The third kappa shape index (κ3) is 4.06. The van der Waals surface area contributed by atoms with Crippen molar-refractivity contribution in [1.29, 1.82) is 0 Å². The molecule has 0 radical (unpaired) electrons. The fraction of sp³-hybridized carbons (Fsp3) is 0.769. The summed E-state index contributed by atoms with van der Waals surface area (Å²) in [5.74, 6) is 0.110. The Hall–Kier alpha value is -0.790. The minimum atomic E-state index is -0.0108. The molecule has 0 saturated heterocycles. The average molecular weight is 210 g/mol. The standard InChI is InChI=1S/C13H22O2/c1-3-5-6-11-7-9-12(10-8-11)13(14)15-4-2/h7,12H,3-6,8-10H2,1-2H3. The van der Waals surface area contributed by atoms with E-state index in [2.05, 4.69) is 13.0 Å². The molecule has 0 bridgehead atoms. The van der Waals surface area contributed by atoms with Gasteiger partial charge < -0.3 is 4.74 Å². The SMILES string of the molecule is CCCCC1=CCC(C(=O)OCC)CC1. The molecule has 0 heterocycles. The van der Waals surface area contributed by atoms with Gasteiger partial charge in [0.1, 0.15) is 0 Å². The fourth-order valence-corrected chi connectivity index (χ4v) is 1.99. The largest absolute Gasteiger partial charge is 0.466 e. The first-order chi connectivity index (χ1) is 7.27. The highest BCUT2D eigenvalue weighted by Gasteiger charge is 2.21. The van der Waals surface area contributed by atoms with Gasteiger partial charge in [-0.3, -0.25) is 4.79 Å². The number of rotatable bonds is 5. The van der Waals surface area contributed by atoms with Crippen LogP contribution in [0.3, 0.4) is 0 Å². The predicted molar refractivity (Wildman–Crippen MR) is 61.6 cm³/mol. The average Bonchev–Trinajstić information content (AvgIpc) is 2.27. The van der Waals surface area contributed by atoms with Gasteiger partial charge in [-0.25, -0.2) is 0 Å². The number of ether oxygens (including phenoxy) is 1. The second-order valence-corrected chi connectivity index (χ2v) is 4.19. The van der Waals surface area contributed by atoms with Crippen molar-refractivity contribution < 1.29 is 9.53 Å². The quantitative estimate of drug-likeness (QED) is 0.513. The van der Waals surface area contributed by atoms with Gasteiger partial charge in [-0.15, -0.1) is 0 Å². The first-order valence-electron chi connectivity index (χ1n) is 6.12. The Morgan fingerprint density at radius 2 is 2.33 bits per heavy atom. The molecular weight excluding hydrogens is 188 g/mol. The molecule has 0 N–H and O–H groups in total. The van der Waals surface area contributed by atoms with Crippen LogP contribution in [0.25, 0.3) is 0 Å². The number of hydrogen-bond acceptors (Lipinski definition) is 2. The summed E-state index contributed by atoms with van der Waals surface area (Å²) >= 11 is 0. The fourth-order valence-electron chi connectivity index (χ4n) is 1.99. The van der Waals surface area contributed by atoms with Gasteiger partial charge in [0, 0.05) is 0 Å². The zero-order valence-electron chi connectivity index (χ0n) is 9.92. The summed E-state index contributed by atoms with van der Waals surface area (Å²) in [4.78, 5) is 11.5. The van der Waals surface area contributed by atoms with Gasteiger partial charge >= 0.3 is 5.97 Å². The van der Waals surface area contributed by atoms with Gasteiger partial charge in [0.15, 0.2) is 0 Å². The second-order valence-electron chi connectivity index (χ2n) is 4.19. The van der Waals surface area contributed by atoms with Crippen LogP contribution >= 0.6 is 0 Å². The molecule has 15 heavy (non-hydrogen) atoms.